The number of hydrogen-bond acceptors (Lipinski definition) is 4. The van der Waals surface area contributed by atoms with E-state index in [1.807, 2.05) is 34.9 Å². The quantitative estimate of drug-likeness (QED) is 0.359. The van der Waals surface area contributed by atoms with Gasteiger partial charge in [0.15, 0.2) is 0 Å². The molecule has 7 nitrogen and oxygen atoms in total. The maximum Gasteiger partial charge on any atom is 0.289 e. The summed E-state index contributed by atoms with van der Waals surface area (Å²) >= 11 is 5.84. The molecule has 8 heteroatoms. The van der Waals surface area contributed by atoms with Gasteiger partial charge in [-0.1, -0.05) is 48.0 Å². The summed E-state index contributed by atoms with van der Waals surface area (Å²) in [5.74, 6) is -2.65. The minimum atomic E-state index is -1.43. The summed E-state index contributed by atoms with van der Waals surface area (Å²) in [5, 5.41) is 0.353. The topological polar surface area (TPSA) is 117 Å². The Morgan fingerprint density at radius 2 is 1.75 bits per heavy atom. The van der Waals surface area contributed by atoms with Crippen molar-refractivity contribution >= 4 is 40.1 Å². The summed E-state index contributed by atoms with van der Waals surface area (Å²) < 4.78 is 7.33. The molecular weight excluding hydrogens is 382 g/mol. The second kappa shape index (κ2) is 7.74. The van der Waals surface area contributed by atoms with Gasteiger partial charge in [0.1, 0.15) is 5.75 Å². The SMILES string of the molecule is Cc1c(C(=O)C(N)=O)c2c(OC(Cl)C(N)=O)cccc2n1Cc1ccccc1. The molecule has 0 radical (unpaired) electrons. The van der Waals surface area contributed by atoms with Crippen LogP contribution in [0.1, 0.15) is 21.6 Å². The molecule has 2 aromatic carbocycles. The van der Waals surface area contributed by atoms with Gasteiger partial charge in [0.2, 0.25) is 5.56 Å². The van der Waals surface area contributed by atoms with Gasteiger partial charge in [0.05, 0.1) is 16.5 Å². The van der Waals surface area contributed by atoms with Crippen LogP contribution in [0.3, 0.4) is 0 Å². The molecule has 28 heavy (non-hydrogen) atoms. The van der Waals surface area contributed by atoms with Crippen LogP contribution in [-0.2, 0) is 16.1 Å². The predicted octanol–water partition coefficient (Wildman–Crippen LogP) is 2.10. The van der Waals surface area contributed by atoms with Crippen molar-refractivity contribution in [3.8, 4) is 5.75 Å². The Balaban J connectivity index is 2.25. The van der Waals surface area contributed by atoms with E-state index < -0.39 is 23.2 Å². The zero-order chi connectivity index (χ0) is 20.4. The minimum absolute atomic E-state index is 0.113. The van der Waals surface area contributed by atoms with Crippen LogP contribution in [0.15, 0.2) is 48.5 Å². The van der Waals surface area contributed by atoms with Gasteiger partial charge in [-0.15, -0.1) is 0 Å². The van der Waals surface area contributed by atoms with E-state index in [-0.39, 0.29) is 11.3 Å². The first-order valence-corrected chi connectivity index (χ1v) is 8.84. The van der Waals surface area contributed by atoms with E-state index in [9.17, 15) is 14.4 Å². The Hall–Kier alpha value is -3.32. The Bertz CT molecular complexity index is 1080. The lowest BCUT2D eigenvalue weighted by Crippen LogP contribution is -2.28. The van der Waals surface area contributed by atoms with Gasteiger partial charge in [0.25, 0.3) is 17.6 Å². The number of ketones is 1. The Kier molecular flexibility index (Phi) is 5.37. The van der Waals surface area contributed by atoms with E-state index in [0.29, 0.717) is 23.1 Å². The average Bonchev–Trinajstić information content (AvgIpc) is 2.94. The number of aromatic nitrogens is 1. The van der Waals surface area contributed by atoms with Crippen LogP contribution in [0.4, 0.5) is 0 Å². The van der Waals surface area contributed by atoms with E-state index in [2.05, 4.69) is 0 Å². The smallest absolute Gasteiger partial charge is 0.289 e. The summed E-state index contributed by atoms with van der Waals surface area (Å²) in [4.78, 5) is 35.5. The number of nitrogens with zero attached hydrogens (tertiary/aromatic N) is 1. The van der Waals surface area contributed by atoms with Crippen LogP contribution < -0.4 is 16.2 Å². The molecule has 0 fully saturated rings. The first-order chi connectivity index (χ1) is 13.3. The maximum absolute atomic E-state index is 12.5. The zero-order valence-corrected chi connectivity index (χ0v) is 15.8. The van der Waals surface area contributed by atoms with Gasteiger partial charge in [-0.25, -0.2) is 0 Å². The molecule has 2 amide bonds. The summed E-state index contributed by atoms with van der Waals surface area (Å²) in [5.41, 5.74) is 11.3. The number of fused-ring (bicyclic) bond motifs is 1. The second-order valence-corrected chi connectivity index (χ2v) is 6.61. The van der Waals surface area contributed by atoms with E-state index in [1.54, 1.807) is 25.1 Å². The fraction of sp³-hybridized carbons (Fsp3) is 0.150. The number of ether oxygens (including phenoxy) is 1. The summed E-state index contributed by atoms with van der Waals surface area (Å²) in [6, 6.07) is 14.6. The highest BCUT2D eigenvalue weighted by Gasteiger charge is 2.27. The molecule has 0 saturated heterocycles. The molecule has 1 unspecified atom stereocenters. The summed E-state index contributed by atoms with van der Waals surface area (Å²) in [6.07, 6.45) is 0. The summed E-state index contributed by atoms with van der Waals surface area (Å²) in [7, 11) is 0. The number of amides is 2. The van der Waals surface area contributed by atoms with Crippen molar-refractivity contribution in [1.82, 2.24) is 4.57 Å². The number of carbonyl (C=O) groups is 3. The number of Topliss-reactive ketones (excluding diaryl/α,β-unsaturated/α-hetero) is 1. The van der Waals surface area contributed by atoms with Crippen LogP contribution in [0.5, 0.6) is 5.75 Å². The maximum atomic E-state index is 12.5. The minimum Gasteiger partial charge on any atom is -0.464 e. The van der Waals surface area contributed by atoms with E-state index in [4.69, 9.17) is 27.8 Å². The molecule has 0 saturated carbocycles. The van der Waals surface area contributed by atoms with Gasteiger partial charge >= 0.3 is 0 Å². The number of nitrogens with two attached hydrogens (primary N) is 2. The fourth-order valence-corrected chi connectivity index (χ4v) is 3.23. The van der Waals surface area contributed by atoms with Crippen molar-refractivity contribution in [2.45, 2.75) is 19.0 Å². The lowest BCUT2D eigenvalue weighted by molar-refractivity contribution is -0.121. The van der Waals surface area contributed by atoms with Crippen molar-refractivity contribution in [3.05, 3.63) is 65.4 Å². The molecule has 1 heterocycles. The van der Waals surface area contributed by atoms with Gasteiger partial charge in [-0.05, 0) is 24.6 Å². The number of benzene rings is 2. The highest BCUT2D eigenvalue weighted by molar-refractivity contribution is 6.45. The Labute approximate surface area is 165 Å². The standard InChI is InChI=1S/C20H18ClN3O4/c1-11-15(17(25)19(22)26)16-13(24(11)10-12-6-3-2-4-7-12)8-5-9-14(16)28-18(21)20(23)27/h2-9,18H,10H2,1H3,(H2,22,26)(H2,23,27). The van der Waals surface area contributed by atoms with Crippen LogP contribution in [0.25, 0.3) is 10.9 Å². The van der Waals surface area contributed by atoms with Crippen molar-refractivity contribution in [2.24, 2.45) is 11.5 Å². The molecule has 1 atom stereocenters. The lowest BCUT2D eigenvalue weighted by atomic mass is 10.1. The number of carbonyl (C=O) groups excluding carboxylic acids is 3. The van der Waals surface area contributed by atoms with Crippen molar-refractivity contribution in [3.63, 3.8) is 0 Å². The number of primary amides is 2. The molecule has 144 valence electrons. The molecule has 1 aromatic heterocycles. The van der Waals surface area contributed by atoms with E-state index >= 15 is 0 Å². The molecule has 4 N–H and O–H groups in total. The zero-order valence-electron chi connectivity index (χ0n) is 15.0. The van der Waals surface area contributed by atoms with Gasteiger partial charge < -0.3 is 20.8 Å². The van der Waals surface area contributed by atoms with E-state index in [1.165, 1.54) is 0 Å². The van der Waals surface area contributed by atoms with E-state index in [0.717, 1.165) is 5.56 Å². The van der Waals surface area contributed by atoms with Crippen molar-refractivity contribution < 1.29 is 19.1 Å². The molecule has 0 aliphatic heterocycles. The van der Waals surface area contributed by atoms with Crippen LogP contribution >= 0.6 is 11.6 Å². The molecule has 0 aliphatic carbocycles. The number of hydrogen-bond donors (Lipinski definition) is 2. The highest BCUT2D eigenvalue weighted by Crippen LogP contribution is 2.35. The molecule has 0 spiro atoms. The lowest BCUT2D eigenvalue weighted by Gasteiger charge is -2.12. The predicted molar refractivity (Wildman–Crippen MR) is 105 cm³/mol. The second-order valence-electron chi connectivity index (χ2n) is 6.21. The highest BCUT2D eigenvalue weighted by atomic mass is 35.5. The van der Waals surface area contributed by atoms with Gasteiger partial charge in [-0.3, -0.25) is 14.4 Å². The number of rotatable bonds is 7. The molecule has 0 bridgehead atoms. The number of alkyl halides is 1. The third-order valence-corrected chi connectivity index (χ3v) is 4.70. The van der Waals surface area contributed by atoms with Gasteiger partial charge in [-0.2, -0.15) is 0 Å². The normalized spacial score (nSPS) is 11.9. The first-order valence-electron chi connectivity index (χ1n) is 8.41. The molecule has 3 rings (SSSR count). The number of halogens is 1. The van der Waals surface area contributed by atoms with Crippen LogP contribution in [0, 0.1) is 6.92 Å². The third kappa shape index (κ3) is 3.57. The third-order valence-electron chi connectivity index (χ3n) is 4.40. The van der Waals surface area contributed by atoms with Crippen LogP contribution in [-0.4, -0.2) is 27.7 Å². The monoisotopic (exact) mass is 399 g/mol. The van der Waals surface area contributed by atoms with Crippen molar-refractivity contribution in [1.29, 1.82) is 0 Å². The Morgan fingerprint density at radius 1 is 1.07 bits per heavy atom. The van der Waals surface area contributed by atoms with Crippen molar-refractivity contribution in [2.75, 3.05) is 0 Å². The average molecular weight is 400 g/mol. The first kappa shape index (κ1) is 19.4. The summed E-state index contributed by atoms with van der Waals surface area (Å²) in [6.45, 7) is 2.17. The van der Waals surface area contributed by atoms with Gasteiger partial charge in [0, 0.05) is 12.2 Å². The Morgan fingerprint density at radius 3 is 2.36 bits per heavy atom. The molecule has 0 aliphatic rings. The largest absolute Gasteiger partial charge is 0.464 e. The molecule has 3 aromatic rings. The molecular formula is C20H18ClN3O4. The fourth-order valence-electron chi connectivity index (χ4n) is 3.13. The van der Waals surface area contributed by atoms with Crippen LogP contribution in [0.2, 0.25) is 0 Å².